The minimum absolute atomic E-state index is 0.112. The van der Waals surface area contributed by atoms with Gasteiger partial charge in [0.15, 0.2) is 5.78 Å². The summed E-state index contributed by atoms with van der Waals surface area (Å²) in [6.07, 6.45) is 6.83. The molecule has 0 bridgehead atoms. The van der Waals surface area contributed by atoms with E-state index >= 15 is 0 Å². The van der Waals surface area contributed by atoms with Gasteiger partial charge in [0, 0.05) is 29.4 Å². The fourth-order valence-corrected chi connectivity index (χ4v) is 4.32. The lowest BCUT2D eigenvalue weighted by molar-refractivity contribution is 0.0907. The van der Waals surface area contributed by atoms with Crippen LogP contribution in [-0.4, -0.2) is 10.4 Å². The van der Waals surface area contributed by atoms with Crippen LogP contribution in [0.15, 0.2) is 6.07 Å². The Morgan fingerprint density at radius 2 is 1.67 bits per heavy atom. The third-order valence-electron chi connectivity index (χ3n) is 5.59. The Bertz CT molecular complexity index is 567. The van der Waals surface area contributed by atoms with Crippen molar-refractivity contribution in [3.05, 3.63) is 23.0 Å². The van der Waals surface area contributed by atoms with E-state index < -0.39 is 0 Å². The molecule has 3 rings (SSSR count). The van der Waals surface area contributed by atoms with E-state index in [9.17, 15) is 4.79 Å². The first-order chi connectivity index (χ1) is 9.69. The van der Waals surface area contributed by atoms with Crippen LogP contribution in [0.1, 0.15) is 87.6 Å². The molecule has 0 spiro atoms. The van der Waals surface area contributed by atoms with Gasteiger partial charge in [-0.15, -0.1) is 0 Å². The van der Waals surface area contributed by atoms with Crippen LogP contribution in [-0.2, 0) is 6.42 Å². The van der Waals surface area contributed by atoms with Crippen LogP contribution in [0.4, 0.5) is 0 Å². The molecule has 1 heterocycles. The van der Waals surface area contributed by atoms with Crippen molar-refractivity contribution in [2.45, 2.75) is 79.2 Å². The maximum absolute atomic E-state index is 12.4. The SMILES string of the molecule is Cc1cc2c(n1C1CCC(C)(C)CC1)CC(C)(C)CC2=O. The Morgan fingerprint density at radius 3 is 2.29 bits per heavy atom. The van der Waals surface area contributed by atoms with Gasteiger partial charge in [-0.1, -0.05) is 27.7 Å². The maximum atomic E-state index is 12.4. The number of aromatic nitrogens is 1. The Kier molecular flexibility index (Phi) is 3.35. The summed E-state index contributed by atoms with van der Waals surface area (Å²) in [6, 6.07) is 2.75. The molecule has 0 atom stereocenters. The lowest BCUT2D eigenvalue weighted by Crippen LogP contribution is -2.30. The van der Waals surface area contributed by atoms with Crippen LogP contribution >= 0.6 is 0 Å². The van der Waals surface area contributed by atoms with Crippen molar-refractivity contribution < 1.29 is 4.79 Å². The Hall–Kier alpha value is -1.05. The first kappa shape index (κ1) is 14.9. The van der Waals surface area contributed by atoms with Crippen LogP contribution in [0.25, 0.3) is 0 Å². The van der Waals surface area contributed by atoms with Gasteiger partial charge in [0.25, 0.3) is 0 Å². The molecule has 21 heavy (non-hydrogen) atoms. The Morgan fingerprint density at radius 1 is 1.05 bits per heavy atom. The number of fused-ring (bicyclic) bond motifs is 1. The fraction of sp³-hybridized carbons (Fsp3) is 0.737. The quantitative estimate of drug-likeness (QED) is 0.705. The largest absolute Gasteiger partial charge is 0.345 e. The number of Topliss-reactive ketones (excluding diaryl/α,β-unsaturated/α-hetero) is 1. The molecule has 0 radical (unpaired) electrons. The topological polar surface area (TPSA) is 22.0 Å². The zero-order valence-corrected chi connectivity index (χ0v) is 14.3. The molecule has 0 saturated heterocycles. The lowest BCUT2D eigenvalue weighted by Gasteiger charge is -2.38. The van der Waals surface area contributed by atoms with Crippen LogP contribution in [0.2, 0.25) is 0 Å². The van der Waals surface area contributed by atoms with Crippen molar-refractivity contribution in [1.82, 2.24) is 4.57 Å². The summed E-state index contributed by atoms with van der Waals surface area (Å²) in [5.74, 6) is 0.347. The Balaban J connectivity index is 1.96. The second kappa shape index (κ2) is 4.72. The van der Waals surface area contributed by atoms with Gasteiger partial charge in [0.2, 0.25) is 0 Å². The number of nitrogens with zero attached hydrogens (tertiary/aromatic N) is 1. The van der Waals surface area contributed by atoms with E-state index in [1.807, 2.05) is 0 Å². The van der Waals surface area contributed by atoms with Crippen LogP contribution in [0, 0.1) is 17.8 Å². The molecule has 1 aromatic rings. The van der Waals surface area contributed by atoms with Crippen molar-refractivity contribution in [2.75, 3.05) is 0 Å². The molecule has 2 aliphatic carbocycles. The standard InChI is InChI=1S/C19H29NO/c1-13-10-15-16(11-19(4,5)12-17(15)21)20(13)14-6-8-18(2,3)9-7-14/h10,14H,6-9,11-12H2,1-5H3. The molecular formula is C19H29NO. The van der Waals surface area contributed by atoms with Gasteiger partial charge in [-0.05, 0) is 55.9 Å². The Labute approximate surface area is 128 Å². The summed E-state index contributed by atoms with van der Waals surface area (Å²) >= 11 is 0. The van der Waals surface area contributed by atoms with Crippen LogP contribution < -0.4 is 0 Å². The van der Waals surface area contributed by atoms with Gasteiger partial charge in [0.05, 0.1) is 0 Å². The second-order valence-corrected chi connectivity index (χ2v) is 8.85. The first-order valence-electron chi connectivity index (χ1n) is 8.42. The molecule has 1 saturated carbocycles. The highest BCUT2D eigenvalue weighted by Gasteiger charge is 2.36. The number of rotatable bonds is 1. The number of aryl methyl sites for hydroxylation is 1. The molecular weight excluding hydrogens is 258 g/mol. The smallest absolute Gasteiger partial charge is 0.165 e. The normalized spacial score (nSPS) is 24.9. The molecule has 1 fully saturated rings. The van der Waals surface area contributed by atoms with Gasteiger partial charge >= 0.3 is 0 Å². The lowest BCUT2D eigenvalue weighted by atomic mass is 9.74. The van der Waals surface area contributed by atoms with Gasteiger partial charge in [-0.3, -0.25) is 4.79 Å². The second-order valence-electron chi connectivity index (χ2n) is 8.85. The van der Waals surface area contributed by atoms with Gasteiger partial charge < -0.3 is 4.57 Å². The van der Waals surface area contributed by atoms with E-state index in [0.29, 0.717) is 23.7 Å². The fourth-order valence-electron chi connectivity index (χ4n) is 4.32. The maximum Gasteiger partial charge on any atom is 0.165 e. The predicted octanol–water partition coefficient (Wildman–Crippen LogP) is 5.09. The molecule has 2 aliphatic rings. The minimum atomic E-state index is 0.112. The van der Waals surface area contributed by atoms with Crippen molar-refractivity contribution >= 4 is 5.78 Å². The number of carbonyl (C=O) groups is 1. The average Bonchev–Trinajstić information content (AvgIpc) is 2.65. The molecule has 0 amide bonds. The highest BCUT2D eigenvalue weighted by Crippen LogP contribution is 2.44. The minimum Gasteiger partial charge on any atom is -0.345 e. The van der Waals surface area contributed by atoms with Crippen LogP contribution in [0.3, 0.4) is 0 Å². The van der Waals surface area contributed by atoms with Crippen molar-refractivity contribution in [3.63, 3.8) is 0 Å². The summed E-state index contributed by atoms with van der Waals surface area (Å²) < 4.78 is 2.52. The molecule has 0 N–H and O–H groups in total. The average molecular weight is 287 g/mol. The molecule has 0 aromatic carbocycles. The van der Waals surface area contributed by atoms with Gasteiger partial charge in [-0.2, -0.15) is 0 Å². The highest BCUT2D eigenvalue weighted by atomic mass is 16.1. The van der Waals surface area contributed by atoms with E-state index in [-0.39, 0.29) is 5.41 Å². The monoisotopic (exact) mass is 287 g/mol. The third-order valence-corrected chi connectivity index (χ3v) is 5.59. The van der Waals surface area contributed by atoms with E-state index in [1.54, 1.807) is 0 Å². The number of hydrogen-bond acceptors (Lipinski definition) is 1. The molecule has 0 aliphatic heterocycles. The van der Waals surface area contributed by atoms with E-state index in [0.717, 1.165) is 12.0 Å². The summed E-state index contributed by atoms with van der Waals surface area (Å²) in [6.45, 7) is 11.4. The summed E-state index contributed by atoms with van der Waals surface area (Å²) in [5.41, 5.74) is 4.22. The van der Waals surface area contributed by atoms with Crippen LogP contribution in [0.5, 0.6) is 0 Å². The van der Waals surface area contributed by atoms with Crippen molar-refractivity contribution in [2.24, 2.45) is 10.8 Å². The van der Waals surface area contributed by atoms with E-state index in [4.69, 9.17) is 0 Å². The molecule has 2 nitrogen and oxygen atoms in total. The van der Waals surface area contributed by atoms with E-state index in [2.05, 4.69) is 45.3 Å². The van der Waals surface area contributed by atoms with Crippen molar-refractivity contribution in [1.29, 1.82) is 0 Å². The third kappa shape index (κ3) is 2.69. The summed E-state index contributed by atoms with van der Waals surface area (Å²) in [4.78, 5) is 12.4. The zero-order chi connectivity index (χ0) is 15.4. The zero-order valence-electron chi connectivity index (χ0n) is 14.3. The first-order valence-corrected chi connectivity index (χ1v) is 8.42. The number of ketones is 1. The molecule has 116 valence electrons. The van der Waals surface area contributed by atoms with Crippen molar-refractivity contribution in [3.8, 4) is 0 Å². The summed E-state index contributed by atoms with van der Waals surface area (Å²) in [7, 11) is 0. The number of carbonyl (C=O) groups excluding carboxylic acids is 1. The predicted molar refractivity (Wildman–Crippen MR) is 86.9 cm³/mol. The molecule has 1 aromatic heterocycles. The number of hydrogen-bond donors (Lipinski definition) is 0. The van der Waals surface area contributed by atoms with E-state index in [1.165, 1.54) is 37.1 Å². The summed E-state index contributed by atoms with van der Waals surface area (Å²) in [5, 5.41) is 0. The van der Waals surface area contributed by atoms with Gasteiger partial charge in [0.1, 0.15) is 0 Å². The van der Waals surface area contributed by atoms with Gasteiger partial charge in [-0.25, -0.2) is 0 Å². The highest BCUT2D eigenvalue weighted by molar-refractivity contribution is 5.99. The molecule has 0 unspecified atom stereocenters. The molecule has 2 heteroatoms.